The lowest BCUT2D eigenvalue weighted by molar-refractivity contribution is 0.400. The third-order valence-electron chi connectivity index (χ3n) is 3.87. The Kier molecular flexibility index (Phi) is 10.2. The Labute approximate surface area is 172 Å². The SMILES string of the molecule is CN=C(NCCc1cccc(F)c1)NCc1ccccc1CN(C)C.I. The average Bonchev–Trinajstić information content (AvgIpc) is 2.58. The van der Waals surface area contributed by atoms with E-state index in [2.05, 4.69) is 58.9 Å². The molecule has 0 heterocycles. The second-order valence-electron chi connectivity index (χ2n) is 6.24. The molecule has 4 nitrogen and oxygen atoms in total. The van der Waals surface area contributed by atoms with Gasteiger partial charge in [-0.05, 0) is 49.3 Å². The summed E-state index contributed by atoms with van der Waals surface area (Å²) in [4.78, 5) is 6.41. The first-order chi connectivity index (χ1) is 12.1. The first kappa shape index (κ1) is 22.4. The molecule has 0 unspecified atom stereocenters. The van der Waals surface area contributed by atoms with Crippen LogP contribution in [0, 0.1) is 5.82 Å². The fraction of sp³-hybridized carbons (Fsp3) is 0.350. The minimum absolute atomic E-state index is 0. The molecule has 0 aromatic heterocycles. The van der Waals surface area contributed by atoms with E-state index in [0.717, 1.165) is 24.5 Å². The van der Waals surface area contributed by atoms with Crippen LogP contribution in [0.4, 0.5) is 4.39 Å². The van der Waals surface area contributed by atoms with Crippen LogP contribution >= 0.6 is 24.0 Å². The Morgan fingerprint density at radius 2 is 1.77 bits per heavy atom. The first-order valence-electron chi connectivity index (χ1n) is 8.49. The molecule has 0 aliphatic rings. The molecule has 142 valence electrons. The number of hydrogen-bond acceptors (Lipinski definition) is 2. The highest BCUT2D eigenvalue weighted by Crippen LogP contribution is 2.10. The van der Waals surface area contributed by atoms with Crippen LogP contribution in [-0.4, -0.2) is 38.5 Å². The van der Waals surface area contributed by atoms with Crippen molar-refractivity contribution < 1.29 is 4.39 Å². The molecule has 0 aliphatic carbocycles. The van der Waals surface area contributed by atoms with Crippen molar-refractivity contribution in [3.63, 3.8) is 0 Å². The van der Waals surface area contributed by atoms with Gasteiger partial charge in [-0.2, -0.15) is 0 Å². The van der Waals surface area contributed by atoms with Crippen molar-refractivity contribution in [1.82, 2.24) is 15.5 Å². The van der Waals surface area contributed by atoms with Gasteiger partial charge < -0.3 is 15.5 Å². The van der Waals surface area contributed by atoms with E-state index in [1.165, 1.54) is 17.2 Å². The lowest BCUT2D eigenvalue weighted by atomic mass is 10.1. The molecule has 0 amide bonds. The van der Waals surface area contributed by atoms with Gasteiger partial charge in [-0.1, -0.05) is 36.4 Å². The van der Waals surface area contributed by atoms with E-state index in [9.17, 15) is 4.39 Å². The maximum atomic E-state index is 13.2. The largest absolute Gasteiger partial charge is 0.356 e. The van der Waals surface area contributed by atoms with Gasteiger partial charge in [-0.3, -0.25) is 4.99 Å². The number of hydrogen-bond donors (Lipinski definition) is 2. The van der Waals surface area contributed by atoms with Crippen LogP contribution in [0.2, 0.25) is 0 Å². The molecule has 0 spiro atoms. The van der Waals surface area contributed by atoms with Gasteiger partial charge in [-0.15, -0.1) is 24.0 Å². The predicted octanol–water partition coefficient (Wildman–Crippen LogP) is 3.41. The normalized spacial score (nSPS) is 11.2. The molecular formula is C20H28FIN4. The number of benzene rings is 2. The number of halogens is 2. The summed E-state index contributed by atoms with van der Waals surface area (Å²) in [6.45, 7) is 2.32. The molecule has 2 aromatic carbocycles. The summed E-state index contributed by atoms with van der Waals surface area (Å²) in [6.07, 6.45) is 0.746. The molecule has 2 aromatic rings. The van der Waals surface area contributed by atoms with E-state index >= 15 is 0 Å². The summed E-state index contributed by atoms with van der Waals surface area (Å²) in [6, 6.07) is 15.1. The zero-order chi connectivity index (χ0) is 18.1. The minimum atomic E-state index is -0.197. The van der Waals surface area contributed by atoms with Crippen molar-refractivity contribution >= 4 is 29.9 Å². The van der Waals surface area contributed by atoms with Crippen molar-refractivity contribution in [2.24, 2.45) is 4.99 Å². The standard InChI is InChI=1S/C20H27FN4.HI/c1-22-20(23-12-11-16-7-6-10-19(21)13-16)24-14-17-8-4-5-9-18(17)15-25(2)3;/h4-10,13H,11-12,14-15H2,1-3H3,(H2,22,23,24);1H. The number of nitrogens with zero attached hydrogens (tertiary/aromatic N) is 2. The van der Waals surface area contributed by atoms with E-state index in [1.54, 1.807) is 19.2 Å². The number of guanidine groups is 1. The lowest BCUT2D eigenvalue weighted by Crippen LogP contribution is -2.38. The Morgan fingerprint density at radius 3 is 2.42 bits per heavy atom. The summed E-state index contributed by atoms with van der Waals surface area (Å²) in [7, 11) is 5.89. The van der Waals surface area contributed by atoms with Crippen LogP contribution in [-0.2, 0) is 19.5 Å². The molecule has 6 heteroatoms. The molecule has 0 aliphatic heterocycles. The average molecular weight is 470 g/mol. The van der Waals surface area contributed by atoms with Crippen LogP contribution in [0.15, 0.2) is 53.5 Å². The molecule has 0 radical (unpaired) electrons. The van der Waals surface area contributed by atoms with Gasteiger partial charge in [-0.25, -0.2) is 4.39 Å². The van der Waals surface area contributed by atoms with Gasteiger partial charge in [0, 0.05) is 26.7 Å². The summed E-state index contributed by atoms with van der Waals surface area (Å²) >= 11 is 0. The second-order valence-corrected chi connectivity index (χ2v) is 6.24. The molecule has 0 saturated heterocycles. The van der Waals surface area contributed by atoms with E-state index in [4.69, 9.17) is 0 Å². The highest BCUT2D eigenvalue weighted by molar-refractivity contribution is 14.0. The van der Waals surface area contributed by atoms with Crippen molar-refractivity contribution in [2.45, 2.75) is 19.5 Å². The zero-order valence-electron chi connectivity index (χ0n) is 15.6. The topological polar surface area (TPSA) is 39.7 Å². The van der Waals surface area contributed by atoms with E-state index in [-0.39, 0.29) is 29.8 Å². The number of aliphatic imine (C=N–C) groups is 1. The highest BCUT2D eigenvalue weighted by atomic mass is 127. The van der Waals surface area contributed by atoms with E-state index in [0.29, 0.717) is 13.1 Å². The van der Waals surface area contributed by atoms with Gasteiger partial charge >= 0.3 is 0 Å². The predicted molar refractivity (Wildman–Crippen MR) is 118 cm³/mol. The Balaban J connectivity index is 0.00000338. The molecule has 2 rings (SSSR count). The zero-order valence-corrected chi connectivity index (χ0v) is 18.0. The van der Waals surface area contributed by atoms with E-state index < -0.39 is 0 Å². The van der Waals surface area contributed by atoms with Crippen LogP contribution in [0.3, 0.4) is 0 Å². The minimum Gasteiger partial charge on any atom is -0.356 e. The summed E-state index contributed by atoms with van der Waals surface area (Å²) in [5, 5.41) is 6.62. The fourth-order valence-corrected chi connectivity index (χ4v) is 2.64. The number of rotatable bonds is 7. The van der Waals surface area contributed by atoms with Gasteiger partial charge in [0.2, 0.25) is 0 Å². The smallest absolute Gasteiger partial charge is 0.191 e. The molecule has 2 N–H and O–H groups in total. The van der Waals surface area contributed by atoms with Crippen molar-refractivity contribution in [2.75, 3.05) is 27.7 Å². The number of nitrogens with one attached hydrogen (secondary N) is 2. The van der Waals surface area contributed by atoms with Crippen LogP contribution in [0.1, 0.15) is 16.7 Å². The maximum absolute atomic E-state index is 13.2. The Morgan fingerprint density at radius 1 is 1.04 bits per heavy atom. The second kappa shape index (κ2) is 11.9. The quantitative estimate of drug-likeness (QED) is 0.370. The highest BCUT2D eigenvalue weighted by Gasteiger charge is 2.04. The van der Waals surface area contributed by atoms with Crippen molar-refractivity contribution in [3.8, 4) is 0 Å². The maximum Gasteiger partial charge on any atom is 0.191 e. The summed E-state index contributed by atoms with van der Waals surface area (Å²) in [5.41, 5.74) is 3.53. The van der Waals surface area contributed by atoms with E-state index in [1.807, 2.05) is 6.07 Å². The molecule has 0 bridgehead atoms. The van der Waals surface area contributed by atoms with Crippen molar-refractivity contribution in [3.05, 3.63) is 71.0 Å². The third kappa shape index (κ3) is 7.70. The van der Waals surface area contributed by atoms with Crippen LogP contribution in [0.5, 0.6) is 0 Å². The monoisotopic (exact) mass is 470 g/mol. The molecule has 0 fully saturated rings. The molecule has 26 heavy (non-hydrogen) atoms. The lowest BCUT2D eigenvalue weighted by Gasteiger charge is -2.16. The fourth-order valence-electron chi connectivity index (χ4n) is 2.64. The molecule has 0 atom stereocenters. The van der Waals surface area contributed by atoms with Gasteiger partial charge in [0.05, 0.1) is 0 Å². The Bertz CT molecular complexity index is 704. The van der Waals surface area contributed by atoms with Gasteiger partial charge in [0.1, 0.15) is 5.82 Å². The van der Waals surface area contributed by atoms with Gasteiger partial charge in [0.25, 0.3) is 0 Å². The summed E-state index contributed by atoms with van der Waals surface area (Å²) < 4.78 is 13.2. The van der Waals surface area contributed by atoms with Crippen LogP contribution in [0.25, 0.3) is 0 Å². The Hall–Kier alpha value is -1.67. The first-order valence-corrected chi connectivity index (χ1v) is 8.49. The van der Waals surface area contributed by atoms with Gasteiger partial charge in [0.15, 0.2) is 5.96 Å². The third-order valence-corrected chi connectivity index (χ3v) is 3.87. The summed E-state index contributed by atoms with van der Waals surface area (Å²) in [5.74, 6) is 0.550. The molecule has 0 saturated carbocycles. The van der Waals surface area contributed by atoms with Crippen LogP contribution < -0.4 is 10.6 Å². The molecular weight excluding hydrogens is 442 g/mol. The van der Waals surface area contributed by atoms with Crippen molar-refractivity contribution in [1.29, 1.82) is 0 Å².